The third-order valence-electron chi connectivity index (χ3n) is 4.14. The third kappa shape index (κ3) is 4.06. The van der Waals surface area contributed by atoms with Crippen LogP contribution in [0.4, 0.5) is 11.4 Å². The summed E-state index contributed by atoms with van der Waals surface area (Å²) in [6.45, 7) is 5.18. The monoisotopic (exact) mass is 276 g/mol. The Bertz CT molecular complexity index is 419. The number of hydrogen-bond acceptors (Lipinski definition) is 3. The molecule has 1 saturated carbocycles. The van der Waals surface area contributed by atoms with E-state index in [0.717, 1.165) is 29.5 Å². The van der Waals surface area contributed by atoms with Crippen molar-refractivity contribution in [3.63, 3.8) is 0 Å². The molecule has 0 aliphatic heterocycles. The van der Waals surface area contributed by atoms with Gasteiger partial charge in [0.2, 0.25) is 0 Å². The van der Waals surface area contributed by atoms with Crippen LogP contribution in [0.3, 0.4) is 0 Å². The van der Waals surface area contributed by atoms with Crippen LogP contribution < -0.4 is 15.8 Å². The van der Waals surface area contributed by atoms with E-state index in [2.05, 4.69) is 25.2 Å². The number of anilines is 2. The summed E-state index contributed by atoms with van der Waals surface area (Å²) in [7, 11) is 0. The largest absolute Gasteiger partial charge is 0.491 e. The Morgan fingerprint density at radius 1 is 1.25 bits per heavy atom. The van der Waals surface area contributed by atoms with Gasteiger partial charge in [0.05, 0.1) is 18.0 Å². The van der Waals surface area contributed by atoms with Crippen molar-refractivity contribution in [2.75, 3.05) is 17.7 Å². The van der Waals surface area contributed by atoms with Crippen LogP contribution in [0.25, 0.3) is 0 Å². The van der Waals surface area contributed by atoms with Gasteiger partial charge in [-0.1, -0.05) is 32.8 Å². The Morgan fingerprint density at radius 3 is 2.90 bits per heavy atom. The highest BCUT2D eigenvalue weighted by atomic mass is 16.5. The molecule has 0 saturated heterocycles. The minimum Gasteiger partial charge on any atom is -0.491 e. The van der Waals surface area contributed by atoms with E-state index in [9.17, 15) is 0 Å². The molecule has 1 aliphatic rings. The second-order valence-corrected chi connectivity index (χ2v) is 6.02. The van der Waals surface area contributed by atoms with Gasteiger partial charge in [0.25, 0.3) is 0 Å². The molecule has 0 aromatic heterocycles. The molecule has 1 aromatic carbocycles. The molecule has 1 aromatic rings. The van der Waals surface area contributed by atoms with E-state index in [0.29, 0.717) is 12.6 Å². The summed E-state index contributed by atoms with van der Waals surface area (Å²) in [5, 5.41) is 3.62. The summed E-state index contributed by atoms with van der Waals surface area (Å²) in [6.07, 6.45) is 7.45. The number of para-hydroxylation sites is 1. The molecule has 1 fully saturated rings. The molecule has 112 valence electrons. The van der Waals surface area contributed by atoms with E-state index in [4.69, 9.17) is 10.5 Å². The van der Waals surface area contributed by atoms with Crippen LogP contribution in [0, 0.1) is 5.92 Å². The molecule has 0 bridgehead atoms. The molecular formula is C17H28N2O. The average molecular weight is 276 g/mol. The van der Waals surface area contributed by atoms with Gasteiger partial charge >= 0.3 is 0 Å². The van der Waals surface area contributed by atoms with Crippen molar-refractivity contribution in [1.82, 2.24) is 0 Å². The summed E-state index contributed by atoms with van der Waals surface area (Å²) in [5.74, 6) is 1.66. The van der Waals surface area contributed by atoms with Crippen molar-refractivity contribution in [3.8, 4) is 5.75 Å². The lowest BCUT2D eigenvalue weighted by Gasteiger charge is -2.20. The van der Waals surface area contributed by atoms with Crippen LogP contribution in [0.5, 0.6) is 5.75 Å². The Labute approximate surface area is 122 Å². The van der Waals surface area contributed by atoms with Crippen LogP contribution >= 0.6 is 0 Å². The lowest BCUT2D eigenvalue weighted by molar-refractivity contribution is 0.319. The molecule has 2 rings (SSSR count). The van der Waals surface area contributed by atoms with Gasteiger partial charge in [-0.25, -0.2) is 0 Å². The Hall–Kier alpha value is -1.38. The molecule has 0 heterocycles. The van der Waals surface area contributed by atoms with Gasteiger partial charge in [-0.3, -0.25) is 0 Å². The second kappa shape index (κ2) is 7.41. The molecule has 3 nitrogen and oxygen atoms in total. The van der Waals surface area contributed by atoms with Crippen molar-refractivity contribution in [2.45, 2.75) is 58.4 Å². The number of hydrogen-bond donors (Lipinski definition) is 2. The quantitative estimate of drug-likeness (QED) is 0.617. The zero-order chi connectivity index (χ0) is 14.4. The Morgan fingerprint density at radius 2 is 2.10 bits per heavy atom. The molecular weight excluding hydrogens is 248 g/mol. The van der Waals surface area contributed by atoms with Crippen molar-refractivity contribution >= 4 is 11.4 Å². The van der Waals surface area contributed by atoms with Crippen LogP contribution in [0.2, 0.25) is 0 Å². The number of benzene rings is 1. The maximum absolute atomic E-state index is 6.22. The van der Waals surface area contributed by atoms with Gasteiger partial charge < -0.3 is 15.8 Å². The Kier molecular flexibility index (Phi) is 5.57. The fourth-order valence-electron chi connectivity index (χ4n) is 2.86. The summed E-state index contributed by atoms with van der Waals surface area (Å²) in [5.41, 5.74) is 7.99. The van der Waals surface area contributed by atoms with Gasteiger partial charge in [0, 0.05) is 6.04 Å². The summed E-state index contributed by atoms with van der Waals surface area (Å²) < 4.78 is 5.69. The SMILES string of the molecule is CCCOc1cccc(NC2CCCC(C)CC2)c1N. The maximum Gasteiger partial charge on any atom is 0.144 e. The third-order valence-corrected chi connectivity index (χ3v) is 4.14. The predicted octanol–water partition coefficient (Wildman–Crippen LogP) is 4.44. The first-order valence-corrected chi connectivity index (χ1v) is 7.98. The lowest BCUT2D eigenvalue weighted by atomic mass is 10.0. The highest BCUT2D eigenvalue weighted by molar-refractivity contribution is 5.73. The molecule has 3 N–H and O–H groups in total. The number of ether oxygens (including phenoxy) is 1. The molecule has 2 unspecified atom stereocenters. The molecule has 0 spiro atoms. The van der Waals surface area contributed by atoms with Gasteiger partial charge in [0.1, 0.15) is 5.75 Å². The first-order valence-electron chi connectivity index (χ1n) is 7.98. The molecule has 0 amide bonds. The topological polar surface area (TPSA) is 47.3 Å². The van der Waals surface area contributed by atoms with Crippen molar-refractivity contribution in [1.29, 1.82) is 0 Å². The van der Waals surface area contributed by atoms with Crippen molar-refractivity contribution in [3.05, 3.63) is 18.2 Å². The zero-order valence-electron chi connectivity index (χ0n) is 12.8. The standard InChI is InChI=1S/C17H28N2O/c1-3-12-20-16-9-5-8-15(17(16)18)19-14-7-4-6-13(2)10-11-14/h5,8-9,13-14,19H,3-4,6-7,10-12,18H2,1-2H3. The zero-order valence-corrected chi connectivity index (χ0v) is 12.8. The average Bonchev–Trinajstić information content (AvgIpc) is 2.65. The molecule has 0 radical (unpaired) electrons. The van der Waals surface area contributed by atoms with Gasteiger partial charge in [-0.15, -0.1) is 0 Å². The number of nitrogens with one attached hydrogen (secondary N) is 1. The molecule has 2 atom stereocenters. The number of nitrogen functional groups attached to an aromatic ring is 1. The van der Waals surface area contributed by atoms with E-state index in [1.807, 2.05) is 12.1 Å². The van der Waals surface area contributed by atoms with Crippen LogP contribution in [0.1, 0.15) is 52.4 Å². The van der Waals surface area contributed by atoms with Gasteiger partial charge in [-0.2, -0.15) is 0 Å². The molecule has 3 heteroatoms. The van der Waals surface area contributed by atoms with Crippen LogP contribution in [-0.4, -0.2) is 12.6 Å². The van der Waals surface area contributed by atoms with E-state index in [1.165, 1.54) is 32.1 Å². The summed E-state index contributed by atoms with van der Waals surface area (Å²) >= 11 is 0. The van der Waals surface area contributed by atoms with Crippen LogP contribution in [0.15, 0.2) is 18.2 Å². The van der Waals surface area contributed by atoms with Crippen molar-refractivity contribution < 1.29 is 4.74 Å². The molecule has 1 aliphatic carbocycles. The highest BCUT2D eigenvalue weighted by Crippen LogP contribution is 2.32. The van der Waals surface area contributed by atoms with E-state index < -0.39 is 0 Å². The molecule has 20 heavy (non-hydrogen) atoms. The van der Waals surface area contributed by atoms with Gasteiger partial charge in [-0.05, 0) is 43.7 Å². The maximum atomic E-state index is 6.22. The first kappa shape index (κ1) is 15.0. The highest BCUT2D eigenvalue weighted by Gasteiger charge is 2.17. The fraction of sp³-hybridized carbons (Fsp3) is 0.647. The predicted molar refractivity (Wildman–Crippen MR) is 86.3 cm³/mol. The second-order valence-electron chi connectivity index (χ2n) is 6.02. The summed E-state index contributed by atoms with van der Waals surface area (Å²) in [4.78, 5) is 0. The normalized spacial score (nSPS) is 23.1. The smallest absolute Gasteiger partial charge is 0.144 e. The lowest BCUT2D eigenvalue weighted by Crippen LogP contribution is -2.19. The number of rotatable bonds is 5. The van der Waals surface area contributed by atoms with E-state index in [1.54, 1.807) is 0 Å². The van der Waals surface area contributed by atoms with Crippen molar-refractivity contribution in [2.24, 2.45) is 5.92 Å². The minimum absolute atomic E-state index is 0.545. The Balaban J connectivity index is 2.01. The van der Waals surface area contributed by atoms with E-state index >= 15 is 0 Å². The van der Waals surface area contributed by atoms with E-state index in [-0.39, 0.29) is 0 Å². The summed E-state index contributed by atoms with van der Waals surface area (Å²) in [6, 6.07) is 6.57. The van der Waals surface area contributed by atoms with Crippen LogP contribution in [-0.2, 0) is 0 Å². The van der Waals surface area contributed by atoms with Gasteiger partial charge in [0.15, 0.2) is 0 Å². The number of nitrogens with two attached hydrogens (primary N) is 1. The fourth-order valence-corrected chi connectivity index (χ4v) is 2.86. The first-order chi connectivity index (χ1) is 9.70. The minimum atomic E-state index is 0.545.